The van der Waals surface area contributed by atoms with Gasteiger partial charge in [0, 0.05) is 23.2 Å². The van der Waals surface area contributed by atoms with Crippen LogP contribution < -0.4 is 9.65 Å². The van der Waals surface area contributed by atoms with Crippen molar-refractivity contribution in [3.63, 3.8) is 0 Å². The summed E-state index contributed by atoms with van der Waals surface area (Å²) in [5.41, 5.74) is 30.2. The second-order valence-electron chi connectivity index (χ2n) is 38.5. The van der Waals surface area contributed by atoms with E-state index in [4.69, 9.17) is 19.3 Å². The van der Waals surface area contributed by atoms with Crippen LogP contribution in [0.2, 0.25) is 0 Å². The van der Waals surface area contributed by atoms with Gasteiger partial charge < -0.3 is 13.5 Å². The first-order valence-electron chi connectivity index (χ1n) is 48.5. The first-order valence-corrected chi connectivity index (χ1v) is 49.9. The number of halogens is 9. The number of hydrogen-bond acceptors (Lipinski definition) is 9. The van der Waals surface area contributed by atoms with Crippen LogP contribution in [0.15, 0.2) is 461 Å². The van der Waals surface area contributed by atoms with E-state index in [0.29, 0.717) is 16.2 Å². The highest BCUT2D eigenvalue weighted by molar-refractivity contribution is 7.88. The fourth-order valence-corrected chi connectivity index (χ4v) is 22.3. The van der Waals surface area contributed by atoms with Crippen LogP contribution in [0.3, 0.4) is 0 Å². The molecule has 0 atom stereocenters. The lowest BCUT2D eigenvalue weighted by molar-refractivity contribution is -0.382. The Bertz CT molecular complexity index is 8960. The second kappa shape index (κ2) is 36.8. The van der Waals surface area contributed by atoms with Crippen molar-refractivity contribution in [2.24, 2.45) is 0 Å². The Morgan fingerprint density at radius 1 is 0.270 bits per heavy atom. The van der Waals surface area contributed by atoms with Crippen molar-refractivity contribution in [1.82, 2.24) is 19.9 Å². The van der Waals surface area contributed by atoms with Crippen LogP contribution in [0.5, 0.6) is 5.75 Å². The van der Waals surface area contributed by atoms with E-state index in [0.717, 1.165) is 129 Å². The molecule has 18 aromatic carbocycles. The molecule has 20 heteroatoms. The Kier molecular flexibility index (Phi) is 23.5. The molecule has 9 nitrogen and oxygen atoms in total. The molecular formula is C128H88BF9N4O5S. The van der Waals surface area contributed by atoms with Crippen LogP contribution in [-0.4, -0.2) is 70.0 Å². The third-order valence-electron chi connectivity index (χ3n) is 29.4. The van der Waals surface area contributed by atoms with Gasteiger partial charge in [0.05, 0.1) is 55.8 Å². The van der Waals surface area contributed by atoms with Crippen molar-refractivity contribution in [2.75, 3.05) is 0 Å². The van der Waals surface area contributed by atoms with Gasteiger partial charge in [0.25, 0.3) is 0 Å². The number of para-hydroxylation sites is 2. The second-order valence-corrected chi connectivity index (χ2v) is 40.0. The molecule has 148 heavy (non-hydrogen) atoms. The SMILES string of the molecule is CC1(C)OB(c2ccc(-c3cc(-c4ccccn4)nc4ccccc34)cc2)OC1(C)C.O=S(=O)(Oc1ccc2c(ccc3cc(-c4ccc5c(c4)C(c4ccccc4)(c4ccccc4)c4ccccc4-5)ccc32)c1)C(F)(F)C(F)(F)C(F)(F)C(F)(F)F.c1ccc(C2(c3ccccc3)c3ccccc3-c3ccc(-c4ccc5c(ccc6cc(-c7ccc(-c8cc(-c9ccccn9)nc9ccccc89)cc7)ccc65)c4)cc32)cc1. The third-order valence-corrected chi connectivity index (χ3v) is 30.7. The summed E-state index contributed by atoms with van der Waals surface area (Å²) >= 11 is 0. The molecule has 0 amide bonds. The van der Waals surface area contributed by atoms with Crippen LogP contribution in [-0.2, 0) is 30.3 Å². The number of hydrogen-bond donors (Lipinski definition) is 0. The lowest BCUT2D eigenvalue weighted by Crippen LogP contribution is -2.63. The normalized spacial score (nSPS) is 14.3. The van der Waals surface area contributed by atoms with Gasteiger partial charge in [-0.1, -0.05) is 358 Å². The molecule has 3 aliphatic rings. The number of rotatable bonds is 17. The van der Waals surface area contributed by atoms with E-state index < -0.39 is 50.0 Å². The first kappa shape index (κ1) is 94.8. The summed E-state index contributed by atoms with van der Waals surface area (Å²) in [5, 5.41) is 2.17. The zero-order chi connectivity index (χ0) is 102. The smallest absolute Gasteiger partial charge is 0.399 e. The zero-order valence-corrected chi connectivity index (χ0v) is 80.9. The van der Waals surface area contributed by atoms with E-state index in [1.54, 1.807) is 18.3 Å². The van der Waals surface area contributed by atoms with Crippen LogP contribution in [0.4, 0.5) is 39.5 Å². The van der Waals surface area contributed by atoms with Gasteiger partial charge in [-0.25, -0.2) is 9.97 Å². The summed E-state index contributed by atoms with van der Waals surface area (Å²) in [7, 11) is -7.45. The van der Waals surface area contributed by atoms with Gasteiger partial charge in [0.15, 0.2) is 0 Å². The largest absolute Gasteiger partial charge is 0.494 e. The quantitative estimate of drug-likeness (QED) is 0.0381. The minimum absolute atomic E-state index is 0.166. The zero-order valence-electron chi connectivity index (χ0n) is 80.1. The van der Waals surface area contributed by atoms with E-state index in [-0.39, 0.29) is 23.7 Å². The number of benzene rings is 18. The Morgan fingerprint density at radius 3 is 0.993 bits per heavy atom. The van der Waals surface area contributed by atoms with Crippen LogP contribution in [0.25, 0.3) is 166 Å². The van der Waals surface area contributed by atoms with Crippen LogP contribution >= 0.6 is 0 Å². The average molecular weight is 1980 g/mol. The van der Waals surface area contributed by atoms with E-state index in [1.807, 2.05) is 134 Å². The van der Waals surface area contributed by atoms with Crippen molar-refractivity contribution in [2.45, 2.75) is 73.0 Å². The Balaban J connectivity index is 0.000000128. The molecule has 1 fully saturated rings. The predicted molar refractivity (Wildman–Crippen MR) is 574 cm³/mol. The standard InChI is InChI=1S/C59H38N2.C43H25F9O3S.C26H25BN2O2/c1-3-13-46(14-4-1)59(47-15-5-2-6-16-47)54-19-9-7-17-50(54)51-33-30-43(37-55(51)59)42-29-32-49-45(36-42)27-26-44-35-41(28-31-48(44)49)39-22-24-40(25-23-39)53-38-58(57-21-11-12-34-60-57)61-56-20-10-8-18-52(53)56;44-40(45,42(48,49)50)41(46,47)43(51,52)56(53,54)55-32-19-22-34-29(24-32)16-15-28-23-26(17-20-33(28)34)27-18-21-36-35-13-7-8-14-37(35)39(38(36)25-27,30-9-3-1-4-10-30)31-11-5-2-6-12-31;1-25(2)26(3,4)31-27(30-25)19-14-12-18(13-15-19)21-17-24(23-11-7-8-16-28-23)29-22-10-6-5-9-20(21)22/h1-38H;1-25H;5-17H,1-4H3. The van der Waals surface area contributed by atoms with E-state index in [1.165, 1.54) is 89.3 Å². The van der Waals surface area contributed by atoms with Gasteiger partial charge in [-0.3, -0.25) is 9.97 Å². The molecule has 5 heterocycles. The maximum atomic E-state index is 14.3. The van der Waals surface area contributed by atoms with Crippen LogP contribution in [0, 0.1) is 0 Å². The van der Waals surface area contributed by atoms with Crippen molar-refractivity contribution >= 4 is 87.6 Å². The molecule has 722 valence electrons. The summed E-state index contributed by atoms with van der Waals surface area (Å²) in [5.74, 6) is -15.8. The number of fused-ring (bicyclic) bond motifs is 14. The highest BCUT2D eigenvalue weighted by Gasteiger charge is 2.86. The predicted octanol–water partition coefficient (Wildman–Crippen LogP) is 32.4. The molecule has 22 aromatic rings. The molecule has 0 spiro atoms. The number of nitrogens with zero attached hydrogens (tertiary/aromatic N) is 4. The average Bonchev–Trinajstić information content (AvgIpc) is 1.53. The van der Waals surface area contributed by atoms with E-state index in [2.05, 4.69) is 327 Å². The summed E-state index contributed by atoms with van der Waals surface area (Å²) in [6, 6.07) is 153. The molecule has 4 aromatic heterocycles. The molecule has 0 saturated carbocycles. The van der Waals surface area contributed by atoms with E-state index in [9.17, 15) is 47.9 Å². The van der Waals surface area contributed by atoms with Crippen molar-refractivity contribution in [1.29, 1.82) is 0 Å². The summed E-state index contributed by atoms with van der Waals surface area (Å²) in [4.78, 5) is 18.9. The van der Waals surface area contributed by atoms with Gasteiger partial charge in [0.1, 0.15) is 5.75 Å². The van der Waals surface area contributed by atoms with E-state index >= 15 is 0 Å². The lowest BCUT2D eigenvalue weighted by atomic mass is 9.67. The van der Waals surface area contributed by atoms with Crippen molar-refractivity contribution in [3.8, 4) is 106 Å². The van der Waals surface area contributed by atoms with Crippen molar-refractivity contribution in [3.05, 3.63) is 506 Å². The van der Waals surface area contributed by atoms with Gasteiger partial charge >= 0.3 is 40.5 Å². The molecule has 25 rings (SSSR count). The summed E-state index contributed by atoms with van der Waals surface area (Å²) in [6.07, 6.45) is -3.58. The lowest BCUT2D eigenvalue weighted by Gasteiger charge is -2.34. The van der Waals surface area contributed by atoms with Gasteiger partial charge in [0.2, 0.25) is 0 Å². The molecule has 0 unspecified atom stereocenters. The molecular weight excluding hydrogens is 1890 g/mol. The molecule has 1 aliphatic heterocycles. The fourth-order valence-electron chi connectivity index (χ4n) is 21.4. The van der Waals surface area contributed by atoms with Crippen LogP contribution in [0.1, 0.15) is 72.2 Å². The monoisotopic (exact) mass is 1970 g/mol. The maximum Gasteiger partial charge on any atom is 0.494 e. The Labute approximate surface area is 848 Å². The summed E-state index contributed by atoms with van der Waals surface area (Å²) < 4.78 is 162. The minimum Gasteiger partial charge on any atom is -0.399 e. The van der Waals surface area contributed by atoms with Gasteiger partial charge in [-0.2, -0.15) is 47.9 Å². The molecule has 1 saturated heterocycles. The van der Waals surface area contributed by atoms with Gasteiger partial charge in [-0.05, 0) is 290 Å². The fraction of sp³-hybridized carbons (Fsp3) is 0.0938. The highest BCUT2D eigenvalue weighted by atomic mass is 32.2. The number of aromatic nitrogens is 4. The highest BCUT2D eigenvalue weighted by Crippen LogP contribution is 2.61. The Morgan fingerprint density at radius 2 is 0.595 bits per heavy atom. The first-order chi connectivity index (χ1) is 71.5. The molecule has 0 bridgehead atoms. The molecule has 2 aliphatic carbocycles. The third kappa shape index (κ3) is 16.1. The molecule has 0 radical (unpaired) electrons. The number of alkyl halides is 9. The maximum absolute atomic E-state index is 14.3. The van der Waals surface area contributed by atoms with Crippen molar-refractivity contribution < 1.29 is 61.4 Å². The number of pyridine rings is 4. The van der Waals surface area contributed by atoms with Gasteiger partial charge in [-0.15, -0.1) is 0 Å². The minimum atomic E-state index is -7.41. The summed E-state index contributed by atoms with van der Waals surface area (Å²) in [6.45, 7) is 8.29. The Hall–Kier alpha value is -16.8. The molecule has 0 N–H and O–H groups in total. The topological polar surface area (TPSA) is 113 Å².